The van der Waals surface area contributed by atoms with E-state index in [2.05, 4.69) is 10.3 Å². The van der Waals surface area contributed by atoms with Gasteiger partial charge in [0.2, 0.25) is 5.91 Å². The van der Waals surface area contributed by atoms with Crippen molar-refractivity contribution in [1.82, 2.24) is 10.3 Å². The number of pyridine rings is 1. The molecule has 1 unspecified atom stereocenters. The summed E-state index contributed by atoms with van der Waals surface area (Å²) in [5.41, 5.74) is 0.0467. The SMILES string of the molecule is O=C1CCC(CSc2ccnc(C(=O)O)c2)N1. The van der Waals surface area contributed by atoms with Gasteiger partial charge in [0.25, 0.3) is 0 Å². The minimum absolute atomic E-state index is 0.0467. The molecule has 1 aromatic heterocycles. The van der Waals surface area contributed by atoms with E-state index in [9.17, 15) is 9.59 Å². The zero-order valence-electron chi connectivity index (χ0n) is 9.05. The van der Waals surface area contributed by atoms with Crippen molar-refractivity contribution in [2.45, 2.75) is 23.8 Å². The zero-order chi connectivity index (χ0) is 12.3. The summed E-state index contributed by atoms with van der Waals surface area (Å²) >= 11 is 1.53. The van der Waals surface area contributed by atoms with Crippen LogP contribution in [0, 0.1) is 0 Å². The van der Waals surface area contributed by atoms with Gasteiger partial charge in [0.15, 0.2) is 0 Å². The predicted octanol–water partition coefficient (Wildman–Crippen LogP) is 1.15. The van der Waals surface area contributed by atoms with E-state index in [1.807, 2.05) is 0 Å². The van der Waals surface area contributed by atoms with Crippen molar-refractivity contribution in [2.24, 2.45) is 0 Å². The van der Waals surface area contributed by atoms with Crippen LogP contribution in [0.2, 0.25) is 0 Å². The Labute approximate surface area is 103 Å². The van der Waals surface area contributed by atoms with Crippen LogP contribution in [0.25, 0.3) is 0 Å². The molecule has 0 radical (unpaired) electrons. The van der Waals surface area contributed by atoms with Gasteiger partial charge in [-0.2, -0.15) is 0 Å². The predicted molar refractivity (Wildman–Crippen MR) is 63.1 cm³/mol. The maximum absolute atomic E-state index is 11.0. The molecule has 1 amide bonds. The quantitative estimate of drug-likeness (QED) is 0.786. The van der Waals surface area contributed by atoms with E-state index in [1.165, 1.54) is 18.0 Å². The molecule has 0 aromatic carbocycles. The fourth-order valence-corrected chi connectivity index (χ4v) is 2.61. The van der Waals surface area contributed by atoms with Gasteiger partial charge in [-0.25, -0.2) is 9.78 Å². The highest BCUT2D eigenvalue weighted by molar-refractivity contribution is 7.99. The molecule has 2 rings (SSSR count). The molecule has 1 fully saturated rings. The number of aromatic nitrogens is 1. The van der Waals surface area contributed by atoms with Gasteiger partial charge in [0.05, 0.1) is 0 Å². The Kier molecular flexibility index (Phi) is 3.63. The number of carbonyl (C=O) groups excluding carboxylic acids is 1. The Morgan fingerprint density at radius 3 is 3.12 bits per heavy atom. The Hall–Kier alpha value is -1.56. The van der Waals surface area contributed by atoms with Crippen LogP contribution in [0.4, 0.5) is 0 Å². The first-order valence-corrected chi connectivity index (χ1v) is 6.25. The van der Waals surface area contributed by atoms with Crippen LogP contribution in [0.3, 0.4) is 0 Å². The van der Waals surface area contributed by atoms with Crippen molar-refractivity contribution in [1.29, 1.82) is 0 Å². The first-order valence-electron chi connectivity index (χ1n) is 5.26. The summed E-state index contributed by atoms with van der Waals surface area (Å²) in [7, 11) is 0. The third-order valence-corrected chi connectivity index (χ3v) is 3.64. The average Bonchev–Trinajstić information content (AvgIpc) is 2.73. The molecule has 5 nitrogen and oxygen atoms in total. The molecule has 1 aromatic rings. The molecule has 0 aliphatic carbocycles. The Bertz CT molecular complexity index is 450. The first-order chi connectivity index (χ1) is 8.15. The van der Waals surface area contributed by atoms with Crippen molar-refractivity contribution in [3.63, 3.8) is 0 Å². The van der Waals surface area contributed by atoms with Crippen LogP contribution >= 0.6 is 11.8 Å². The third-order valence-electron chi connectivity index (χ3n) is 2.49. The van der Waals surface area contributed by atoms with Gasteiger partial charge in [0.1, 0.15) is 5.69 Å². The molecule has 0 saturated carbocycles. The van der Waals surface area contributed by atoms with E-state index in [1.54, 1.807) is 12.1 Å². The van der Waals surface area contributed by atoms with E-state index in [4.69, 9.17) is 5.11 Å². The number of rotatable bonds is 4. The largest absolute Gasteiger partial charge is 0.477 e. The molecule has 6 heteroatoms. The van der Waals surface area contributed by atoms with Crippen LogP contribution in [0.1, 0.15) is 23.3 Å². The van der Waals surface area contributed by atoms with Gasteiger partial charge in [-0.15, -0.1) is 11.8 Å². The van der Waals surface area contributed by atoms with Gasteiger partial charge in [-0.05, 0) is 18.6 Å². The zero-order valence-corrected chi connectivity index (χ0v) is 9.87. The molecule has 1 saturated heterocycles. The fraction of sp³-hybridized carbons (Fsp3) is 0.364. The van der Waals surface area contributed by atoms with Crippen molar-refractivity contribution in [3.05, 3.63) is 24.0 Å². The van der Waals surface area contributed by atoms with Gasteiger partial charge in [-0.1, -0.05) is 0 Å². The van der Waals surface area contributed by atoms with Crippen molar-refractivity contribution >= 4 is 23.6 Å². The second-order valence-corrected chi connectivity index (χ2v) is 4.89. The van der Waals surface area contributed by atoms with Gasteiger partial charge < -0.3 is 10.4 Å². The average molecular weight is 252 g/mol. The lowest BCUT2D eigenvalue weighted by Gasteiger charge is -2.09. The lowest BCUT2D eigenvalue weighted by molar-refractivity contribution is -0.119. The summed E-state index contributed by atoms with van der Waals surface area (Å²) in [6.45, 7) is 0. The monoisotopic (exact) mass is 252 g/mol. The molecule has 1 aliphatic heterocycles. The van der Waals surface area contributed by atoms with Crippen LogP contribution < -0.4 is 5.32 Å². The van der Waals surface area contributed by atoms with E-state index in [0.29, 0.717) is 6.42 Å². The molecule has 1 atom stereocenters. The molecular weight excluding hydrogens is 240 g/mol. The number of nitrogens with one attached hydrogen (secondary N) is 1. The normalized spacial score (nSPS) is 19.1. The number of carboxylic acid groups (broad SMARTS) is 1. The summed E-state index contributed by atoms with van der Waals surface area (Å²) < 4.78 is 0. The van der Waals surface area contributed by atoms with Crippen molar-refractivity contribution < 1.29 is 14.7 Å². The van der Waals surface area contributed by atoms with Crippen molar-refractivity contribution in [2.75, 3.05) is 5.75 Å². The van der Waals surface area contributed by atoms with Gasteiger partial charge in [-0.3, -0.25) is 4.79 Å². The topological polar surface area (TPSA) is 79.3 Å². The Balaban J connectivity index is 1.92. The Morgan fingerprint density at radius 1 is 1.65 bits per heavy atom. The minimum Gasteiger partial charge on any atom is -0.477 e. The smallest absolute Gasteiger partial charge is 0.354 e. The number of carboxylic acids is 1. The second kappa shape index (κ2) is 5.18. The molecule has 90 valence electrons. The molecule has 0 bridgehead atoms. The molecule has 1 aliphatic rings. The highest BCUT2D eigenvalue weighted by Crippen LogP contribution is 2.21. The van der Waals surface area contributed by atoms with Crippen molar-refractivity contribution in [3.8, 4) is 0 Å². The lowest BCUT2D eigenvalue weighted by Crippen LogP contribution is -2.27. The van der Waals surface area contributed by atoms with Crippen LogP contribution in [0.15, 0.2) is 23.2 Å². The molecule has 2 N–H and O–H groups in total. The van der Waals surface area contributed by atoms with Crippen LogP contribution in [-0.2, 0) is 4.79 Å². The van der Waals surface area contributed by atoms with E-state index < -0.39 is 5.97 Å². The minimum atomic E-state index is -1.03. The highest BCUT2D eigenvalue weighted by atomic mass is 32.2. The number of thioether (sulfide) groups is 1. The number of amides is 1. The summed E-state index contributed by atoms with van der Waals surface area (Å²) in [6, 6.07) is 3.51. The summed E-state index contributed by atoms with van der Waals surface area (Å²) in [6.07, 6.45) is 2.92. The number of hydrogen-bond donors (Lipinski definition) is 2. The maximum Gasteiger partial charge on any atom is 0.354 e. The molecular formula is C11H12N2O3S. The second-order valence-electron chi connectivity index (χ2n) is 3.80. The van der Waals surface area contributed by atoms with Gasteiger partial charge in [0, 0.05) is 29.3 Å². The number of carbonyl (C=O) groups is 2. The standard InChI is InChI=1S/C11H12N2O3S/c14-10-2-1-7(13-10)6-17-8-3-4-12-9(5-8)11(15)16/h3-5,7H,1-2,6H2,(H,13,14)(H,15,16). The molecule has 0 spiro atoms. The highest BCUT2D eigenvalue weighted by Gasteiger charge is 2.20. The lowest BCUT2D eigenvalue weighted by atomic mass is 10.2. The maximum atomic E-state index is 11.0. The van der Waals surface area contributed by atoms with Gasteiger partial charge >= 0.3 is 5.97 Å². The summed E-state index contributed by atoms with van der Waals surface area (Å²) in [5, 5.41) is 11.7. The summed E-state index contributed by atoms with van der Waals surface area (Å²) in [5.74, 6) is -0.174. The van der Waals surface area contributed by atoms with Crippen LogP contribution in [-0.4, -0.2) is 33.8 Å². The molecule has 2 heterocycles. The van der Waals surface area contributed by atoms with E-state index >= 15 is 0 Å². The van der Waals surface area contributed by atoms with E-state index in [0.717, 1.165) is 17.1 Å². The number of hydrogen-bond acceptors (Lipinski definition) is 4. The number of nitrogens with zero attached hydrogens (tertiary/aromatic N) is 1. The molecule has 17 heavy (non-hydrogen) atoms. The first kappa shape index (κ1) is 11.9. The Morgan fingerprint density at radius 2 is 2.47 bits per heavy atom. The van der Waals surface area contributed by atoms with E-state index in [-0.39, 0.29) is 17.6 Å². The van der Waals surface area contributed by atoms with Crippen LogP contribution in [0.5, 0.6) is 0 Å². The summed E-state index contributed by atoms with van der Waals surface area (Å²) in [4.78, 5) is 26.3. The fourth-order valence-electron chi connectivity index (χ4n) is 1.62. The number of aromatic carboxylic acids is 1. The third kappa shape index (κ3) is 3.20.